The Labute approximate surface area is 197 Å². The number of nitrogens with zero attached hydrogens (tertiary/aromatic N) is 6. The van der Waals surface area contributed by atoms with E-state index in [1.807, 2.05) is 70.4 Å². The van der Waals surface area contributed by atoms with Crippen LogP contribution in [0.25, 0.3) is 23.0 Å². The third-order valence-electron chi connectivity index (χ3n) is 6.10. The molecule has 4 aromatic rings. The summed E-state index contributed by atoms with van der Waals surface area (Å²) in [7, 11) is 1.65. The maximum atomic E-state index is 12.9. The summed E-state index contributed by atoms with van der Waals surface area (Å²) in [6.45, 7) is 1.38. The molecule has 1 aliphatic heterocycles. The molecule has 174 valence electrons. The second-order valence-electron chi connectivity index (χ2n) is 8.36. The van der Waals surface area contributed by atoms with Crippen molar-refractivity contribution in [3.8, 4) is 28.7 Å². The summed E-state index contributed by atoms with van der Waals surface area (Å²) in [5.41, 5.74) is 2.52. The number of hydrogen-bond acceptors (Lipinski definition) is 7. The van der Waals surface area contributed by atoms with E-state index in [1.54, 1.807) is 7.11 Å². The fourth-order valence-corrected chi connectivity index (χ4v) is 4.18. The Morgan fingerprint density at radius 2 is 1.97 bits per heavy atom. The molecule has 3 heterocycles. The van der Waals surface area contributed by atoms with Crippen LogP contribution in [-0.2, 0) is 11.2 Å². The lowest BCUT2D eigenvalue weighted by molar-refractivity contribution is -0.132. The van der Waals surface area contributed by atoms with Crippen LogP contribution in [0.1, 0.15) is 30.9 Å². The van der Waals surface area contributed by atoms with E-state index < -0.39 is 0 Å². The van der Waals surface area contributed by atoms with Crippen molar-refractivity contribution in [2.45, 2.75) is 31.7 Å². The first-order valence-corrected chi connectivity index (χ1v) is 11.4. The number of aromatic nitrogens is 5. The van der Waals surface area contributed by atoms with Crippen LogP contribution in [0.4, 0.5) is 0 Å². The maximum Gasteiger partial charge on any atom is 0.280 e. The molecule has 9 heteroatoms. The van der Waals surface area contributed by atoms with Gasteiger partial charge in [-0.3, -0.25) is 4.79 Å². The van der Waals surface area contributed by atoms with E-state index in [2.05, 4.69) is 20.5 Å². The van der Waals surface area contributed by atoms with Crippen molar-refractivity contribution < 1.29 is 14.1 Å². The first-order chi connectivity index (χ1) is 16.7. The molecule has 0 N–H and O–H groups in total. The Morgan fingerprint density at radius 3 is 2.76 bits per heavy atom. The van der Waals surface area contributed by atoms with E-state index in [0.29, 0.717) is 36.8 Å². The number of piperidine rings is 1. The zero-order valence-corrected chi connectivity index (χ0v) is 19.0. The average Bonchev–Trinajstić information content (AvgIpc) is 3.58. The van der Waals surface area contributed by atoms with Crippen LogP contribution in [0.5, 0.6) is 5.75 Å². The van der Waals surface area contributed by atoms with Crippen molar-refractivity contribution in [3.05, 3.63) is 66.4 Å². The first kappa shape index (κ1) is 21.8. The normalized spacial score (nSPS) is 15.9. The van der Waals surface area contributed by atoms with Gasteiger partial charge in [-0.15, -0.1) is 5.10 Å². The summed E-state index contributed by atoms with van der Waals surface area (Å²) < 4.78 is 12.4. The van der Waals surface area contributed by atoms with Gasteiger partial charge in [-0.2, -0.15) is 4.98 Å². The molecule has 0 radical (unpaired) electrons. The lowest BCUT2D eigenvalue weighted by Crippen LogP contribution is -2.41. The van der Waals surface area contributed by atoms with E-state index in [9.17, 15) is 4.79 Å². The fourth-order valence-electron chi connectivity index (χ4n) is 4.18. The largest absolute Gasteiger partial charge is 0.497 e. The average molecular weight is 459 g/mol. The number of likely N-dealkylation sites (tertiary alicyclic amines) is 1. The van der Waals surface area contributed by atoms with Crippen molar-refractivity contribution in [1.82, 2.24) is 30.0 Å². The predicted octanol–water partition coefficient (Wildman–Crippen LogP) is 3.80. The molecule has 1 saturated heterocycles. The minimum Gasteiger partial charge on any atom is -0.497 e. The number of carbonyl (C=O) groups excluding carboxylic acids is 1. The minimum absolute atomic E-state index is 0.0662. The summed E-state index contributed by atoms with van der Waals surface area (Å²) in [6.07, 6.45) is 4.86. The van der Waals surface area contributed by atoms with Crippen molar-refractivity contribution in [2.24, 2.45) is 0 Å². The van der Waals surface area contributed by atoms with Crippen LogP contribution >= 0.6 is 0 Å². The lowest BCUT2D eigenvalue weighted by Gasteiger charge is -2.32. The third kappa shape index (κ3) is 4.83. The summed E-state index contributed by atoms with van der Waals surface area (Å²) in [5, 5.41) is 12.6. The van der Waals surface area contributed by atoms with Gasteiger partial charge in [0.15, 0.2) is 5.69 Å². The van der Waals surface area contributed by atoms with Crippen LogP contribution in [0.2, 0.25) is 0 Å². The molecule has 1 atom stereocenters. The first-order valence-electron chi connectivity index (χ1n) is 11.4. The third-order valence-corrected chi connectivity index (χ3v) is 6.10. The zero-order chi connectivity index (χ0) is 23.3. The Bertz CT molecular complexity index is 1240. The number of ether oxygens (including phenoxy) is 1. The van der Waals surface area contributed by atoms with Crippen molar-refractivity contribution in [2.75, 3.05) is 20.2 Å². The summed E-state index contributed by atoms with van der Waals surface area (Å²) in [5.74, 6) is 1.81. The van der Waals surface area contributed by atoms with Gasteiger partial charge in [-0.25, -0.2) is 4.68 Å². The van der Waals surface area contributed by atoms with Crippen molar-refractivity contribution in [1.29, 1.82) is 0 Å². The van der Waals surface area contributed by atoms with Crippen LogP contribution < -0.4 is 4.74 Å². The number of rotatable bonds is 7. The molecule has 0 spiro atoms. The van der Waals surface area contributed by atoms with Gasteiger partial charge in [0.1, 0.15) is 5.75 Å². The van der Waals surface area contributed by atoms with Gasteiger partial charge in [0.2, 0.25) is 11.7 Å². The van der Waals surface area contributed by atoms with Gasteiger partial charge < -0.3 is 14.2 Å². The van der Waals surface area contributed by atoms with Crippen LogP contribution in [0.3, 0.4) is 0 Å². The van der Waals surface area contributed by atoms with E-state index in [1.165, 1.54) is 0 Å². The van der Waals surface area contributed by atoms with E-state index in [0.717, 1.165) is 36.3 Å². The standard InChI is InChI=1S/C25H26N6O3/c1-33-21-12-9-18(10-13-21)11-14-23(32)30-15-5-8-20(16-30)31-17-22(27-29-31)25-26-24(28-34-25)19-6-3-2-4-7-19/h2-4,6-7,9-10,12-13,17,20H,5,8,11,14-16H2,1H3/t20-/m1/s1. The second kappa shape index (κ2) is 9.86. The molecule has 0 bridgehead atoms. The lowest BCUT2D eigenvalue weighted by atomic mass is 10.0. The molecule has 9 nitrogen and oxygen atoms in total. The van der Waals surface area contributed by atoms with Crippen molar-refractivity contribution in [3.63, 3.8) is 0 Å². The SMILES string of the molecule is COc1ccc(CCC(=O)N2CCC[C@@H](n3cc(-c4nc(-c5ccccc5)no4)nn3)C2)cc1. The highest BCUT2D eigenvalue weighted by molar-refractivity contribution is 5.76. The highest BCUT2D eigenvalue weighted by Gasteiger charge is 2.26. The highest BCUT2D eigenvalue weighted by atomic mass is 16.5. The fraction of sp³-hybridized carbons (Fsp3) is 0.320. The highest BCUT2D eigenvalue weighted by Crippen LogP contribution is 2.25. The topological polar surface area (TPSA) is 99.2 Å². The molecule has 0 saturated carbocycles. The van der Waals surface area contributed by atoms with E-state index in [4.69, 9.17) is 9.26 Å². The Hall–Kier alpha value is -4.01. The molecule has 2 aromatic carbocycles. The summed E-state index contributed by atoms with van der Waals surface area (Å²) >= 11 is 0. The Balaban J connectivity index is 1.20. The monoisotopic (exact) mass is 458 g/mol. The van der Waals surface area contributed by atoms with Gasteiger partial charge in [0, 0.05) is 25.1 Å². The van der Waals surface area contributed by atoms with Gasteiger partial charge in [-0.1, -0.05) is 52.8 Å². The molecule has 5 rings (SSSR count). The van der Waals surface area contributed by atoms with Crippen LogP contribution in [0.15, 0.2) is 65.3 Å². The smallest absolute Gasteiger partial charge is 0.280 e. The molecule has 2 aromatic heterocycles. The Morgan fingerprint density at radius 1 is 1.15 bits per heavy atom. The van der Waals surface area contributed by atoms with E-state index >= 15 is 0 Å². The molecule has 34 heavy (non-hydrogen) atoms. The zero-order valence-electron chi connectivity index (χ0n) is 19.0. The summed E-state index contributed by atoms with van der Waals surface area (Å²) in [6, 6.07) is 17.6. The molecule has 1 amide bonds. The maximum absolute atomic E-state index is 12.9. The number of hydrogen-bond donors (Lipinski definition) is 0. The van der Waals surface area contributed by atoms with Crippen LogP contribution in [-0.4, -0.2) is 56.1 Å². The van der Waals surface area contributed by atoms with Gasteiger partial charge in [-0.05, 0) is 37.0 Å². The van der Waals surface area contributed by atoms with Crippen molar-refractivity contribution >= 4 is 5.91 Å². The number of amides is 1. The number of aryl methyl sites for hydroxylation is 1. The number of carbonyl (C=O) groups is 1. The van der Waals surface area contributed by atoms with Gasteiger partial charge in [0.25, 0.3) is 5.89 Å². The quantitative estimate of drug-likeness (QED) is 0.415. The molecule has 0 aliphatic carbocycles. The summed E-state index contributed by atoms with van der Waals surface area (Å²) in [4.78, 5) is 19.2. The molecule has 1 aliphatic rings. The molecule has 0 unspecified atom stereocenters. The molecular weight excluding hydrogens is 432 g/mol. The second-order valence-corrected chi connectivity index (χ2v) is 8.36. The van der Waals surface area contributed by atoms with Gasteiger partial charge in [0.05, 0.1) is 19.3 Å². The van der Waals surface area contributed by atoms with Crippen LogP contribution in [0, 0.1) is 0 Å². The molecular formula is C25H26N6O3. The van der Waals surface area contributed by atoms with E-state index in [-0.39, 0.29) is 11.9 Å². The van der Waals surface area contributed by atoms with Gasteiger partial charge >= 0.3 is 0 Å². The number of benzene rings is 2. The molecule has 1 fully saturated rings. The minimum atomic E-state index is 0.0662. The number of methoxy groups -OCH3 is 1. The Kier molecular flexibility index (Phi) is 6.33. The predicted molar refractivity (Wildman–Crippen MR) is 125 cm³/mol.